The summed E-state index contributed by atoms with van der Waals surface area (Å²) in [5.74, 6) is -0.728. The molecule has 0 saturated carbocycles. The minimum absolute atomic E-state index is 0.0122. The van der Waals surface area contributed by atoms with Crippen LogP contribution in [0.25, 0.3) is 0 Å². The van der Waals surface area contributed by atoms with Gasteiger partial charge >= 0.3 is 12.0 Å². The van der Waals surface area contributed by atoms with Crippen molar-refractivity contribution in [3.63, 3.8) is 0 Å². The first-order valence-electron chi connectivity index (χ1n) is 10.1. The average molecular weight is 422 g/mol. The third-order valence-corrected chi connectivity index (χ3v) is 6.05. The molecule has 158 valence electrons. The number of hydrogen-bond acceptors (Lipinski definition) is 4. The third-order valence-electron chi connectivity index (χ3n) is 5.71. The second-order valence-electron chi connectivity index (χ2n) is 7.60. The Morgan fingerprint density at radius 2 is 1.72 bits per heavy atom. The maximum atomic E-state index is 12.9. The highest BCUT2D eigenvalue weighted by atomic mass is 35.5. The largest absolute Gasteiger partial charge is 0.469 e. The summed E-state index contributed by atoms with van der Waals surface area (Å²) < 4.78 is 4.78. The molecule has 2 aliphatic heterocycles. The fourth-order valence-electron chi connectivity index (χ4n) is 3.98. The van der Waals surface area contributed by atoms with Gasteiger partial charge in [0.1, 0.15) is 0 Å². The summed E-state index contributed by atoms with van der Waals surface area (Å²) in [6.45, 7) is 2.79. The molecule has 0 bridgehead atoms. The number of urea groups is 1. The number of halogens is 1. The molecule has 29 heavy (non-hydrogen) atoms. The van der Waals surface area contributed by atoms with Crippen molar-refractivity contribution >= 4 is 29.5 Å². The maximum Gasteiger partial charge on any atom is 0.319 e. The van der Waals surface area contributed by atoms with Crippen LogP contribution in [-0.4, -0.2) is 61.0 Å². The molecule has 2 heterocycles. The van der Waals surface area contributed by atoms with E-state index in [4.69, 9.17) is 16.3 Å². The van der Waals surface area contributed by atoms with Gasteiger partial charge in [0.25, 0.3) is 0 Å². The number of carbonyl (C=O) groups excluding carboxylic acids is 3. The zero-order chi connectivity index (χ0) is 20.8. The van der Waals surface area contributed by atoms with Gasteiger partial charge in [-0.3, -0.25) is 9.59 Å². The molecular formula is C21H28ClN3O4. The predicted molar refractivity (Wildman–Crippen MR) is 109 cm³/mol. The van der Waals surface area contributed by atoms with Crippen molar-refractivity contribution in [2.75, 3.05) is 33.3 Å². The molecule has 1 N–H and O–H groups in total. The van der Waals surface area contributed by atoms with E-state index in [0.29, 0.717) is 36.5 Å². The fraction of sp³-hybridized carbons (Fsp3) is 0.571. The number of rotatable bonds is 5. The number of amides is 3. The van der Waals surface area contributed by atoms with Crippen molar-refractivity contribution in [1.29, 1.82) is 0 Å². The molecule has 3 amide bonds. The summed E-state index contributed by atoms with van der Waals surface area (Å²) in [7, 11) is 1.32. The minimum Gasteiger partial charge on any atom is -0.469 e. The van der Waals surface area contributed by atoms with Gasteiger partial charge in [-0.2, -0.15) is 0 Å². The first-order valence-corrected chi connectivity index (χ1v) is 10.5. The Hall–Kier alpha value is -2.28. The summed E-state index contributed by atoms with van der Waals surface area (Å²) >= 11 is 6.28. The molecule has 1 aromatic rings. The summed E-state index contributed by atoms with van der Waals surface area (Å²) in [6, 6.07) is 6.69. The Morgan fingerprint density at radius 1 is 1.10 bits per heavy atom. The number of likely N-dealkylation sites (tertiary alicyclic amines) is 2. The summed E-state index contributed by atoms with van der Waals surface area (Å²) in [5, 5.41) is 3.46. The van der Waals surface area contributed by atoms with E-state index in [9.17, 15) is 14.4 Å². The maximum absolute atomic E-state index is 12.9. The Morgan fingerprint density at radius 3 is 2.34 bits per heavy atom. The SMILES string of the molecule is COC(=O)CC(NC(=O)C1CCN(C(=O)N2CCCC2)CC1)c1ccccc1Cl. The van der Waals surface area contributed by atoms with Crippen LogP contribution in [0.2, 0.25) is 5.02 Å². The zero-order valence-corrected chi connectivity index (χ0v) is 17.5. The topological polar surface area (TPSA) is 79.0 Å². The lowest BCUT2D eigenvalue weighted by atomic mass is 9.94. The molecule has 1 aromatic carbocycles. The number of nitrogens with zero attached hydrogens (tertiary/aromatic N) is 2. The average Bonchev–Trinajstić information content (AvgIpc) is 3.28. The lowest BCUT2D eigenvalue weighted by Crippen LogP contribution is -2.48. The van der Waals surface area contributed by atoms with Crippen LogP contribution in [-0.2, 0) is 14.3 Å². The molecule has 2 saturated heterocycles. The molecule has 1 atom stereocenters. The highest BCUT2D eigenvalue weighted by molar-refractivity contribution is 6.31. The van der Waals surface area contributed by atoms with Crippen molar-refractivity contribution in [3.05, 3.63) is 34.9 Å². The molecule has 0 aromatic heterocycles. The summed E-state index contributed by atoms with van der Waals surface area (Å²) in [6.07, 6.45) is 3.36. The van der Waals surface area contributed by atoms with Crippen LogP contribution in [0.5, 0.6) is 0 Å². The monoisotopic (exact) mass is 421 g/mol. The molecular weight excluding hydrogens is 394 g/mol. The zero-order valence-electron chi connectivity index (χ0n) is 16.7. The number of benzene rings is 1. The van der Waals surface area contributed by atoms with Gasteiger partial charge in [-0.05, 0) is 37.3 Å². The van der Waals surface area contributed by atoms with E-state index in [2.05, 4.69) is 5.32 Å². The Labute approximate surface area is 176 Å². The van der Waals surface area contributed by atoms with Crippen LogP contribution in [0.15, 0.2) is 24.3 Å². The highest BCUT2D eigenvalue weighted by Gasteiger charge is 2.32. The standard InChI is InChI=1S/C21H28ClN3O4/c1-29-19(26)14-18(16-6-2-3-7-17(16)22)23-20(27)15-8-12-25(13-9-15)21(28)24-10-4-5-11-24/h2-3,6-7,15,18H,4-5,8-14H2,1H3,(H,23,27). The summed E-state index contributed by atoms with van der Waals surface area (Å²) in [4.78, 5) is 41.0. The molecule has 2 fully saturated rings. The number of esters is 1. The van der Waals surface area contributed by atoms with Gasteiger partial charge in [-0.15, -0.1) is 0 Å². The number of piperidine rings is 1. The minimum atomic E-state index is -0.548. The van der Waals surface area contributed by atoms with Gasteiger partial charge in [-0.1, -0.05) is 29.8 Å². The van der Waals surface area contributed by atoms with Crippen LogP contribution < -0.4 is 5.32 Å². The Balaban J connectivity index is 1.59. The molecule has 3 rings (SSSR count). The lowest BCUT2D eigenvalue weighted by molar-refractivity contribution is -0.141. The van der Waals surface area contributed by atoms with Crippen LogP contribution in [0, 0.1) is 5.92 Å². The van der Waals surface area contributed by atoms with E-state index in [1.807, 2.05) is 15.9 Å². The molecule has 8 heteroatoms. The third kappa shape index (κ3) is 5.41. The number of methoxy groups -OCH3 is 1. The second kappa shape index (κ2) is 9.96. The van der Waals surface area contributed by atoms with Gasteiger partial charge in [0.2, 0.25) is 5.91 Å². The van der Waals surface area contributed by atoms with E-state index in [0.717, 1.165) is 25.9 Å². The Kier molecular flexibility index (Phi) is 7.36. The van der Waals surface area contributed by atoms with Gasteiger partial charge in [0.05, 0.1) is 19.6 Å². The molecule has 0 radical (unpaired) electrons. The van der Waals surface area contributed by atoms with Gasteiger partial charge in [0, 0.05) is 37.1 Å². The van der Waals surface area contributed by atoms with Crippen LogP contribution >= 0.6 is 11.6 Å². The van der Waals surface area contributed by atoms with E-state index >= 15 is 0 Å². The molecule has 2 aliphatic rings. The first-order chi connectivity index (χ1) is 14.0. The predicted octanol–water partition coefficient (Wildman–Crippen LogP) is 2.99. The van der Waals surface area contributed by atoms with Crippen LogP contribution in [0.4, 0.5) is 4.79 Å². The first kappa shape index (κ1) is 21.4. The normalized spacial score (nSPS) is 18.4. The molecule has 1 unspecified atom stereocenters. The van der Waals surface area contributed by atoms with Crippen molar-refractivity contribution in [2.24, 2.45) is 5.92 Å². The second-order valence-corrected chi connectivity index (χ2v) is 8.01. The van der Waals surface area contributed by atoms with Crippen LogP contribution in [0.1, 0.15) is 43.7 Å². The lowest BCUT2D eigenvalue weighted by Gasteiger charge is -2.34. The number of hydrogen-bond donors (Lipinski definition) is 1. The van der Waals surface area contributed by atoms with Crippen molar-refractivity contribution in [3.8, 4) is 0 Å². The highest BCUT2D eigenvalue weighted by Crippen LogP contribution is 2.27. The fourth-order valence-corrected chi connectivity index (χ4v) is 4.24. The number of nitrogens with one attached hydrogen (secondary N) is 1. The van der Waals surface area contributed by atoms with E-state index in [1.54, 1.807) is 18.2 Å². The molecule has 7 nitrogen and oxygen atoms in total. The van der Waals surface area contributed by atoms with Crippen molar-refractivity contribution < 1.29 is 19.1 Å². The number of carbonyl (C=O) groups is 3. The van der Waals surface area contributed by atoms with Crippen molar-refractivity contribution in [2.45, 2.75) is 38.1 Å². The van der Waals surface area contributed by atoms with Gasteiger partial charge in [-0.25, -0.2) is 4.79 Å². The van der Waals surface area contributed by atoms with E-state index in [1.165, 1.54) is 7.11 Å². The number of ether oxygens (including phenoxy) is 1. The smallest absolute Gasteiger partial charge is 0.319 e. The Bertz CT molecular complexity index is 743. The molecule has 0 spiro atoms. The quantitative estimate of drug-likeness (QED) is 0.741. The molecule has 0 aliphatic carbocycles. The van der Waals surface area contributed by atoms with E-state index < -0.39 is 12.0 Å². The summed E-state index contributed by atoms with van der Waals surface area (Å²) in [5.41, 5.74) is 0.689. The van der Waals surface area contributed by atoms with Gasteiger partial charge in [0.15, 0.2) is 0 Å². The van der Waals surface area contributed by atoms with Gasteiger partial charge < -0.3 is 19.9 Å². The van der Waals surface area contributed by atoms with E-state index in [-0.39, 0.29) is 24.3 Å². The van der Waals surface area contributed by atoms with Crippen molar-refractivity contribution in [1.82, 2.24) is 15.1 Å². The van der Waals surface area contributed by atoms with Crippen LogP contribution in [0.3, 0.4) is 0 Å².